The zero-order chi connectivity index (χ0) is 17.0. The second-order valence-electron chi connectivity index (χ2n) is 4.43. The number of rotatable bonds is 3. The van der Waals surface area contributed by atoms with Gasteiger partial charge in [-0.15, -0.1) is 0 Å². The van der Waals surface area contributed by atoms with Crippen LogP contribution >= 0.6 is 0 Å². The van der Waals surface area contributed by atoms with E-state index in [0.29, 0.717) is 6.07 Å². The maximum absolute atomic E-state index is 13.4. The van der Waals surface area contributed by atoms with Crippen molar-refractivity contribution in [3.05, 3.63) is 65.0 Å². The van der Waals surface area contributed by atoms with Crippen molar-refractivity contribution in [2.75, 3.05) is 5.43 Å². The van der Waals surface area contributed by atoms with Crippen molar-refractivity contribution in [1.82, 2.24) is 5.43 Å². The van der Waals surface area contributed by atoms with Crippen LogP contribution in [0.15, 0.2) is 42.5 Å². The minimum atomic E-state index is -4.72. The van der Waals surface area contributed by atoms with Crippen LogP contribution in [0.2, 0.25) is 0 Å². The molecule has 0 radical (unpaired) electrons. The first-order chi connectivity index (χ1) is 10.8. The first-order valence-electron chi connectivity index (χ1n) is 6.25. The number of halogens is 4. The normalized spacial score (nSPS) is 10.7. The van der Waals surface area contributed by atoms with Crippen molar-refractivity contribution in [2.45, 2.75) is 6.18 Å². The number of hydrazine groups is 1. The van der Waals surface area contributed by atoms with Gasteiger partial charge in [0.2, 0.25) is 0 Å². The molecule has 0 aliphatic carbocycles. The summed E-state index contributed by atoms with van der Waals surface area (Å²) in [5.74, 6) is -1.73. The van der Waals surface area contributed by atoms with E-state index in [9.17, 15) is 22.4 Å². The number of benzene rings is 2. The van der Waals surface area contributed by atoms with Crippen molar-refractivity contribution >= 4 is 11.6 Å². The molecule has 118 valence electrons. The van der Waals surface area contributed by atoms with Crippen LogP contribution in [0, 0.1) is 17.1 Å². The van der Waals surface area contributed by atoms with Crippen LogP contribution in [0.25, 0.3) is 0 Å². The van der Waals surface area contributed by atoms with Gasteiger partial charge in [0, 0.05) is 0 Å². The van der Waals surface area contributed by atoms with E-state index in [1.165, 1.54) is 18.2 Å². The molecule has 0 saturated heterocycles. The maximum Gasteiger partial charge on any atom is 0.418 e. The number of carbonyl (C=O) groups excluding carboxylic acids is 1. The summed E-state index contributed by atoms with van der Waals surface area (Å²) < 4.78 is 52.3. The molecule has 0 heterocycles. The number of hydrogen-bond donors (Lipinski definition) is 2. The molecular weight excluding hydrogens is 314 g/mol. The molecule has 0 aromatic heterocycles. The lowest BCUT2D eigenvalue weighted by Gasteiger charge is -2.15. The first-order valence-corrected chi connectivity index (χ1v) is 6.25. The maximum atomic E-state index is 13.4. The Balaban J connectivity index is 2.23. The Morgan fingerprint density at radius 1 is 1.13 bits per heavy atom. The molecule has 1 amide bonds. The van der Waals surface area contributed by atoms with Crippen LogP contribution in [0.5, 0.6) is 0 Å². The molecule has 0 saturated carbocycles. The topological polar surface area (TPSA) is 64.9 Å². The predicted molar refractivity (Wildman–Crippen MR) is 73.6 cm³/mol. The highest BCUT2D eigenvalue weighted by Crippen LogP contribution is 2.35. The number of amides is 1. The number of anilines is 1. The van der Waals surface area contributed by atoms with E-state index in [2.05, 4.69) is 5.43 Å². The third-order valence-corrected chi connectivity index (χ3v) is 2.88. The minimum Gasteiger partial charge on any atom is -0.298 e. The van der Waals surface area contributed by atoms with Gasteiger partial charge in [-0.05, 0) is 30.3 Å². The van der Waals surface area contributed by atoms with Crippen LogP contribution < -0.4 is 10.9 Å². The lowest BCUT2D eigenvalue weighted by molar-refractivity contribution is -0.137. The molecule has 2 N–H and O–H groups in total. The van der Waals surface area contributed by atoms with Gasteiger partial charge in [-0.25, -0.2) is 4.39 Å². The average molecular weight is 323 g/mol. The van der Waals surface area contributed by atoms with Gasteiger partial charge in [0.15, 0.2) is 0 Å². The van der Waals surface area contributed by atoms with Crippen LogP contribution in [-0.2, 0) is 6.18 Å². The van der Waals surface area contributed by atoms with Gasteiger partial charge in [-0.2, -0.15) is 18.4 Å². The fourth-order valence-corrected chi connectivity index (χ4v) is 1.79. The summed E-state index contributed by atoms with van der Waals surface area (Å²) in [7, 11) is 0. The van der Waals surface area contributed by atoms with Gasteiger partial charge in [-0.1, -0.05) is 12.1 Å². The smallest absolute Gasteiger partial charge is 0.298 e. The molecule has 0 bridgehead atoms. The zero-order valence-corrected chi connectivity index (χ0v) is 11.4. The SMILES string of the molecule is N#Cc1ccc(NNC(=O)c2ccccc2F)c(C(F)(F)F)c1. The number of nitriles is 1. The third-order valence-electron chi connectivity index (χ3n) is 2.88. The lowest BCUT2D eigenvalue weighted by Crippen LogP contribution is -2.31. The van der Waals surface area contributed by atoms with Crippen molar-refractivity contribution in [3.63, 3.8) is 0 Å². The molecule has 2 aromatic rings. The Hall–Kier alpha value is -3.08. The molecule has 0 unspecified atom stereocenters. The fraction of sp³-hybridized carbons (Fsp3) is 0.0667. The summed E-state index contributed by atoms with van der Waals surface area (Å²) in [6.07, 6.45) is -4.72. The van der Waals surface area contributed by atoms with E-state index in [1.807, 2.05) is 5.43 Å². The summed E-state index contributed by atoms with van der Waals surface area (Å²) in [5.41, 5.74) is 2.02. The molecule has 23 heavy (non-hydrogen) atoms. The largest absolute Gasteiger partial charge is 0.418 e. The highest BCUT2D eigenvalue weighted by atomic mass is 19.4. The Labute approximate surface area is 128 Å². The summed E-state index contributed by atoms with van der Waals surface area (Å²) in [6, 6.07) is 9.45. The minimum absolute atomic E-state index is 0.177. The van der Waals surface area contributed by atoms with E-state index in [4.69, 9.17) is 5.26 Å². The van der Waals surface area contributed by atoms with Gasteiger partial charge >= 0.3 is 6.18 Å². The number of carbonyl (C=O) groups is 1. The molecular formula is C15H9F4N3O. The molecule has 2 aromatic carbocycles. The Bertz CT molecular complexity index is 781. The molecule has 8 heteroatoms. The summed E-state index contributed by atoms with van der Waals surface area (Å²) in [4.78, 5) is 11.8. The molecule has 0 atom stereocenters. The Morgan fingerprint density at radius 3 is 2.43 bits per heavy atom. The van der Waals surface area contributed by atoms with Gasteiger partial charge in [0.25, 0.3) is 5.91 Å². The third kappa shape index (κ3) is 3.77. The van der Waals surface area contributed by atoms with Gasteiger partial charge < -0.3 is 0 Å². The van der Waals surface area contributed by atoms with E-state index >= 15 is 0 Å². The number of nitrogens with zero attached hydrogens (tertiary/aromatic N) is 1. The Morgan fingerprint density at radius 2 is 1.83 bits per heavy atom. The summed E-state index contributed by atoms with van der Waals surface area (Å²) >= 11 is 0. The van der Waals surface area contributed by atoms with Crippen molar-refractivity contribution in [2.24, 2.45) is 0 Å². The summed E-state index contributed by atoms with van der Waals surface area (Å²) in [5, 5.41) is 8.67. The van der Waals surface area contributed by atoms with Gasteiger partial charge in [0.05, 0.1) is 28.4 Å². The van der Waals surface area contributed by atoms with E-state index in [-0.39, 0.29) is 11.1 Å². The Kier molecular flexibility index (Phi) is 4.50. The number of nitrogens with one attached hydrogen (secondary N) is 2. The lowest BCUT2D eigenvalue weighted by atomic mass is 10.1. The highest BCUT2D eigenvalue weighted by molar-refractivity contribution is 5.95. The quantitative estimate of drug-likeness (QED) is 0.671. The fourth-order valence-electron chi connectivity index (χ4n) is 1.79. The zero-order valence-electron chi connectivity index (χ0n) is 11.4. The van der Waals surface area contributed by atoms with Crippen molar-refractivity contribution in [3.8, 4) is 6.07 Å². The number of alkyl halides is 3. The molecule has 0 fully saturated rings. The second-order valence-corrected chi connectivity index (χ2v) is 4.43. The average Bonchev–Trinajstić information content (AvgIpc) is 2.52. The molecule has 4 nitrogen and oxygen atoms in total. The predicted octanol–water partition coefficient (Wildman–Crippen LogP) is 3.47. The van der Waals surface area contributed by atoms with E-state index in [1.54, 1.807) is 6.07 Å². The van der Waals surface area contributed by atoms with E-state index < -0.39 is 29.2 Å². The second kappa shape index (κ2) is 6.36. The highest BCUT2D eigenvalue weighted by Gasteiger charge is 2.34. The molecule has 0 aliphatic heterocycles. The van der Waals surface area contributed by atoms with Gasteiger partial charge in [0.1, 0.15) is 5.82 Å². The molecule has 2 rings (SSSR count). The summed E-state index contributed by atoms with van der Waals surface area (Å²) in [6.45, 7) is 0. The monoisotopic (exact) mass is 323 g/mol. The van der Waals surface area contributed by atoms with Crippen LogP contribution in [0.1, 0.15) is 21.5 Å². The molecule has 0 spiro atoms. The standard InChI is InChI=1S/C15H9F4N3O/c16-12-4-2-1-3-10(12)14(23)22-21-13-6-5-9(8-20)7-11(13)15(17,18)19/h1-7,21H,(H,22,23). The van der Waals surface area contributed by atoms with Crippen molar-refractivity contribution < 1.29 is 22.4 Å². The van der Waals surface area contributed by atoms with Crippen LogP contribution in [0.4, 0.5) is 23.2 Å². The van der Waals surface area contributed by atoms with Crippen molar-refractivity contribution in [1.29, 1.82) is 5.26 Å². The van der Waals surface area contributed by atoms with Crippen LogP contribution in [-0.4, -0.2) is 5.91 Å². The number of hydrogen-bond acceptors (Lipinski definition) is 3. The van der Waals surface area contributed by atoms with Gasteiger partial charge in [-0.3, -0.25) is 15.6 Å². The van der Waals surface area contributed by atoms with Crippen LogP contribution in [0.3, 0.4) is 0 Å². The van der Waals surface area contributed by atoms with E-state index in [0.717, 1.165) is 18.2 Å². The molecule has 0 aliphatic rings. The first kappa shape index (κ1) is 16.3.